The van der Waals surface area contributed by atoms with Gasteiger partial charge in [0.2, 0.25) is 15.9 Å². The van der Waals surface area contributed by atoms with Gasteiger partial charge in [0.25, 0.3) is 0 Å². The predicted octanol–water partition coefficient (Wildman–Crippen LogP) is 2.69. The standard InChI is InChI=1S/C18H19ClN2O3S/c1-25(23,24)21(17-9-5-4-8-16(17)19)13-18(22)20-11-10-14-6-2-3-7-15(14)12-20/h2-9H,10-13H2,1H3. The van der Waals surface area contributed by atoms with Crippen LogP contribution in [0.2, 0.25) is 5.02 Å². The molecule has 5 nitrogen and oxygen atoms in total. The van der Waals surface area contributed by atoms with Crippen LogP contribution in [0.3, 0.4) is 0 Å². The summed E-state index contributed by atoms with van der Waals surface area (Å²) in [6.07, 6.45) is 1.85. The number of carbonyl (C=O) groups excluding carboxylic acids is 1. The maximum absolute atomic E-state index is 12.7. The molecule has 1 aliphatic heterocycles. The van der Waals surface area contributed by atoms with Crippen molar-refractivity contribution < 1.29 is 13.2 Å². The molecule has 0 unspecified atom stereocenters. The first-order chi connectivity index (χ1) is 11.9. The van der Waals surface area contributed by atoms with E-state index in [0.717, 1.165) is 22.5 Å². The fourth-order valence-electron chi connectivity index (χ4n) is 2.97. The number of rotatable bonds is 4. The van der Waals surface area contributed by atoms with Crippen molar-refractivity contribution >= 4 is 33.2 Å². The zero-order valence-electron chi connectivity index (χ0n) is 13.9. The Balaban J connectivity index is 1.82. The second-order valence-corrected chi connectivity index (χ2v) is 8.37. The maximum atomic E-state index is 12.7. The molecule has 2 aromatic carbocycles. The molecule has 7 heteroatoms. The fraction of sp³-hybridized carbons (Fsp3) is 0.278. The maximum Gasteiger partial charge on any atom is 0.243 e. The number of sulfonamides is 1. The predicted molar refractivity (Wildman–Crippen MR) is 99.2 cm³/mol. The topological polar surface area (TPSA) is 57.7 Å². The third-order valence-electron chi connectivity index (χ3n) is 4.28. The normalized spacial score (nSPS) is 14.1. The Bertz CT molecular complexity index is 899. The molecule has 25 heavy (non-hydrogen) atoms. The van der Waals surface area contributed by atoms with E-state index in [9.17, 15) is 13.2 Å². The third-order valence-corrected chi connectivity index (χ3v) is 5.73. The van der Waals surface area contributed by atoms with Gasteiger partial charge in [0, 0.05) is 13.1 Å². The van der Waals surface area contributed by atoms with Gasteiger partial charge in [-0.15, -0.1) is 0 Å². The SMILES string of the molecule is CS(=O)(=O)N(CC(=O)N1CCc2ccccc2C1)c1ccccc1Cl. The molecule has 0 fully saturated rings. The average Bonchev–Trinajstić information content (AvgIpc) is 2.59. The van der Waals surface area contributed by atoms with Gasteiger partial charge in [-0.1, -0.05) is 48.0 Å². The number of para-hydroxylation sites is 1. The minimum atomic E-state index is -3.63. The molecule has 0 bridgehead atoms. The number of fused-ring (bicyclic) bond motifs is 1. The number of amides is 1. The molecular formula is C18H19ClN2O3S. The van der Waals surface area contributed by atoms with Crippen molar-refractivity contribution in [1.82, 2.24) is 4.90 Å². The van der Waals surface area contributed by atoms with Gasteiger partial charge in [-0.25, -0.2) is 8.42 Å². The molecule has 0 radical (unpaired) electrons. The molecule has 1 amide bonds. The summed E-state index contributed by atoms with van der Waals surface area (Å²) in [6, 6.07) is 14.6. The number of hydrogen-bond donors (Lipinski definition) is 0. The van der Waals surface area contributed by atoms with Gasteiger partial charge in [-0.05, 0) is 29.7 Å². The zero-order chi connectivity index (χ0) is 18.0. The molecule has 0 spiro atoms. The fourth-order valence-corrected chi connectivity index (χ4v) is 4.12. The summed E-state index contributed by atoms with van der Waals surface area (Å²) in [7, 11) is -3.63. The molecule has 0 aromatic heterocycles. The molecule has 132 valence electrons. The molecule has 1 heterocycles. The Hall–Kier alpha value is -2.05. The van der Waals surface area contributed by atoms with Crippen LogP contribution in [-0.2, 0) is 27.8 Å². The summed E-state index contributed by atoms with van der Waals surface area (Å²) < 4.78 is 25.5. The number of nitrogens with zero attached hydrogens (tertiary/aromatic N) is 2. The van der Waals surface area contributed by atoms with Crippen molar-refractivity contribution in [3.05, 3.63) is 64.7 Å². The van der Waals surface area contributed by atoms with Crippen LogP contribution < -0.4 is 4.31 Å². The Labute approximate surface area is 152 Å². The molecule has 0 aliphatic carbocycles. The summed E-state index contributed by atoms with van der Waals surface area (Å²) in [6.45, 7) is 0.815. The van der Waals surface area contributed by atoms with Gasteiger partial charge in [-0.2, -0.15) is 0 Å². The van der Waals surface area contributed by atoms with Crippen LogP contribution in [0, 0.1) is 0 Å². The largest absolute Gasteiger partial charge is 0.336 e. The van der Waals surface area contributed by atoms with Crippen molar-refractivity contribution in [3.63, 3.8) is 0 Å². The van der Waals surface area contributed by atoms with Gasteiger partial charge >= 0.3 is 0 Å². The van der Waals surface area contributed by atoms with Crippen LogP contribution in [0.15, 0.2) is 48.5 Å². The molecule has 1 aliphatic rings. The van der Waals surface area contributed by atoms with Crippen molar-refractivity contribution in [2.45, 2.75) is 13.0 Å². The quantitative estimate of drug-likeness (QED) is 0.821. The Morgan fingerprint density at radius 2 is 1.76 bits per heavy atom. The second-order valence-electron chi connectivity index (χ2n) is 6.06. The van der Waals surface area contributed by atoms with Crippen LogP contribution in [0.4, 0.5) is 5.69 Å². The first-order valence-corrected chi connectivity index (χ1v) is 10.2. The molecule has 0 atom stereocenters. The van der Waals surface area contributed by atoms with Crippen LogP contribution in [-0.4, -0.2) is 38.6 Å². The minimum Gasteiger partial charge on any atom is -0.336 e. The Morgan fingerprint density at radius 3 is 2.44 bits per heavy atom. The van der Waals surface area contributed by atoms with Crippen molar-refractivity contribution in [3.8, 4) is 0 Å². The lowest BCUT2D eigenvalue weighted by Gasteiger charge is -2.31. The van der Waals surface area contributed by atoms with Gasteiger partial charge in [-0.3, -0.25) is 9.10 Å². The van der Waals surface area contributed by atoms with E-state index in [-0.39, 0.29) is 12.5 Å². The summed E-state index contributed by atoms with van der Waals surface area (Å²) in [5, 5.41) is 0.296. The van der Waals surface area contributed by atoms with Crippen molar-refractivity contribution in [1.29, 1.82) is 0 Å². The summed E-state index contributed by atoms with van der Waals surface area (Å²) >= 11 is 6.13. The van der Waals surface area contributed by atoms with E-state index < -0.39 is 10.0 Å². The third kappa shape index (κ3) is 3.96. The second kappa shape index (κ2) is 7.06. The van der Waals surface area contributed by atoms with Crippen molar-refractivity contribution in [2.75, 3.05) is 23.7 Å². The van der Waals surface area contributed by atoms with Crippen LogP contribution in [0.1, 0.15) is 11.1 Å². The van der Waals surface area contributed by atoms with Crippen LogP contribution in [0.25, 0.3) is 0 Å². The van der Waals surface area contributed by atoms with Gasteiger partial charge in [0.05, 0.1) is 17.0 Å². The van der Waals surface area contributed by atoms with Gasteiger partial charge < -0.3 is 4.90 Å². The molecule has 3 rings (SSSR count). The molecule has 0 N–H and O–H groups in total. The van der Waals surface area contributed by atoms with Crippen molar-refractivity contribution in [2.24, 2.45) is 0 Å². The number of benzene rings is 2. The molecule has 0 saturated carbocycles. The Kier molecular flexibility index (Phi) is 5.01. The smallest absolute Gasteiger partial charge is 0.243 e. The van der Waals surface area contributed by atoms with Crippen LogP contribution >= 0.6 is 11.6 Å². The lowest BCUT2D eigenvalue weighted by Crippen LogP contribution is -2.44. The highest BCUT2D eigenvalue weighted by Gasteiger charge is 2.27. The monoisotopic (exact) mass is 378 g/mol. The first-order valence-electron chi connectivity index (χ1n) is 7.93. The van der Waals surface area contributed by atoms with E-state index >= 15 is 0 Å². The zero-order valence-corrected chi connectivity index (χ0v) is 15.4. The van der Waals surface area contributed by atoms with E-state index in [1.165, 1.54) is 5.56 Å². The first kappa shape index (κ1) is 17.8. The van der Waals surface area contributed by atoms with E-state index in [1.807, 2.05) is 18.2 Å². The highest BCUT2D eigenvalue weighted by atomic mass is 35.5. The number of carbonyl (C=O) groups is 1. The molecular weight excluding hydrogens is 360 g/mol. The lowest BCUT2D eigenvalue weighted by atomic mass is 10.00. The van der Waals surface area contributed by atoms with Crippen LogP contribution in [0.5, 0.6) is 0 Å². The summed E-state index contributed by atoms with van der Waals surface area (Å²) in [5.41, 5.74) is 2.65. The lowest BCUT2D eigenvalue weighted by molar-refractivity contribution is -0.130. The number of hydrogen-bond acceptors (Lipinski definition) is 3. The summed E-state index contributed by atoms with van der Waals surface area (Å²) in [4.78, 5) is 14.4. The minimum absolute atomic E-state index is 0.236. The highest BCUT2D eigenvalue weighted by Crippen LogP contribution is 2.27. The van der Waals surface area contributed by atoms with Gasteiger partial charge in [0.1, 0.15) is 6.54 Å². The molecule has 0 saturated heterocycles. The van der Waals surface area contributed by atoms with Gasteiger partial charge in [0.15, 0.2) is 0 Å². The number of halogens is 1. The van der Waals surface area contributed by atoms with E-state index in [1.54, 1.807) is 29.2 Å². The Morgan fingerprint density at radius 1 is 1.12 bits per heavy atom. The van der Waals surface area contributed by atoms with E-state index in [2.05, 4.69) is 6.07 Å². The average molecular weight is 379 g/mol. The van der Waals surface area contributed by atoms with E-state index in [0.29, 0.717) is 23.8 Å². The van der Waals surface area contributed by atoms with E-state index in [4.69, 9.17) is 11.6 Å². The highest BCUT2D eigenvalue weighted by molar-refractivity contribution is 7.92. The summed E-state index contributed by atoms with van der Waals surface area (Å²) in [5.74, 6) is -0.236. The molecule has 2 aromatic rings. The number of anilines is 1.